The third kappa shape index (κ3) is 13.4. The molecular weight excluding hydrogens is 458 g/mol. The quantitative estimate of drug-likeness (QED) is 0.392. The fourth-order valence-corrected chi connectivity index (χ4v) is 3.17. The van der Waals surface area contributed by atoms with E-state index in [4.69, 9.17) is 33.2 Å². The molecule has 2 heterocycles. The first-order valence-electron chi connectivity index (χ1n) is 12.5. The molecule has 0 aromatic carbocycles. The molecule has 0 amide bonds. The summed E-state index contributed by atoms with van der Waals surface area (Å²) in [5.41, 5.74) is -0.0555. The second kappa shape index (κ2) is 19.0. The van der Waals surface area contributed by atoms with Crippen LogP contribution in [-0.4, -0.2) is 89.6 Å². The molecule has 35 heavy (non-hydrogen) atoms. The molecule has 10 heteroatoms. The number of aromatic nitrogens is 1. The van der Waals surface area contributed by atoms with E-state index in [1.807, 2.05) is 0 Å². The summed E-state index contributed by atoms with van der Waals surface area (Å²) in [6.07, 6.45) is 6.75. The summed E-state index contributed by atoms with van der Waals surface area (Å²) >= 11 is 0. The van der Waals surface area contributed by atoms with Gasteiger partial charge in [-0.15, -0.1) is 0 Å². The first kappa shape index (κ1) is 29.0. The number of nitrogens with zero attached hydrogens (tertiary/aromatic N) is 1. The Morgan fingerprint density at radius 2 is 1.09 bits per heavy atom. The van der Waals surface area contributed by atoms with Crippen LogP contribution in [0.5, 0.6) is 5.75 Å². The van der Waals surface area contributed by atoms with Crippen LogP contribution in [0.1, 0.15) is 66.4 Å². The summed E-state index contributed by atoms with van der Waals surface area (Å²) in [7, 11) is 0. The highest BCUT2D eigenvalue weighted by Gasteiger charge is 2.18. The van der Waals surface area contributed by atoms with Crippen molar-refractivity contribution in [1.82, 2.24) is 4.98 Å². The molecule has 0 fully saturated rings. The second-order valence-electron chi connectivity index (χ2n) is 7.91. The van der Waals surface area contributed by atoms with Gasteiger partial charge in [0.05, 0.1) is 59.5 Å². The van der Waals surface area contributed by atoms with Gasteiger partial charge in [-0.05, 0) is 6.42 Å². The molecule has 0 radical (unpaired) electrons. The minimum absolute atomic E-state index is 0.0278. The van der Waals surface area contributed by atoms with Gasteiger partial charge in [0.15, 0.2) is 11.4 Å². The van der Waals surface area contributed by atoms with Crippen LogP contribution in [-0.2, 0) is 28.4 Å². The molecule has 0 saturated carbocycles. The molecule has 10 nitrogen and oxygen atoms in total. The zero-order valence-electron chi connectivity index (χ0n) is 20.8. The van der Waals surface area contributed by atoms with Crippen LogP contribution in [0, 0.1) is 0 Å². The van der Waals surface area contributed by atoms with E-state index in [0.717, 1.165) is 19.3 Å². The van der Waals surface area contributed by atoms with Gasteiger partial charge >= 0.3 is 11.9 Å². The number of pyridine rings is 1. The standard InChI is InChI=1S/C25H39NO9/c1-2-3-4-5-6-7-8-33-21-19-22-24(27)34-17-15-31-13-11-29-9-10-30-12-14-32-16-18-35-25(28)23(20-21)26-22/h19-20H,2-18H2,1H3. The number of ether oxygens (including phenoxy) is 7. The zero-order chi connectivity index (χ0) is 25.0. The molecular formula is C25H39NO9. The van der Waals surface area contributed by atoms with Crippen LogP contribution in [0.25, 0.3) is 0 Å². The largest absolute Gasteiger partial charge is 0.493 e. The van der Waals surface area contributed by atoms with Gasteiger partial charge in [-0.1, -0.05) is 39.0 Å². The molecule has 1 aliphatic rings. The SMILES string of the molecule is CCCCCCCCOc1cc2nc(c1)C(=O)OCCOCCOCCOCCOCCOC2=O. The van der Waals surface area contributed by atoms with Gasteiger partial charge in [0.2, 0.25) is 0 Å². The summed E-state index contributed by atoms with van der Waals surface area (Å²) < 4.78 is 37.9. The normalized spacial score (nSPS) is 17.6. The zero-order valence-corrected chi connectivity index (χ0v) is 20.8. The lowest BCUT2D eigenvalue weighted by atomic mass is 10.1. The van der Waals surface area contributed by atoms with Crippen molar-refractivity contribution in [3.05, 3.63) is 23.5 Å². The van der Waals surface area contributed by atoms with Crippen molar-refractivity contribution in [2.45, 2.75) is 45.4 Å². The molecule has 0 unspecified atom stereocenters. The Balaban J connectivity index is 1.96. The molecule has 0 atom stereocenters. The average Bonchev–Trinajstić information content (AvgIpc) is 2.87. The van der Waals surface area contributed by atoms with Crippen molar-refractivity contribution < 1.29 is 42.7 Å². The Labute approximate surface area is 207 Å². The minimum Gasteiger partial charge on any atom is -0.493 e. The molecule has 0 spiro atoms. The molecule has 1 aromatic heterocycles. The van der Waals surface area contributed by atoms with Crippen molar-refractivity contribution >= 4 is 11.9 Å². The number of rotatable bonds is 8. The van der Waals surface area contributed by atoms with E-state index in [9.17, 15) is 9.59 Å². The Bertz CT molecular complexity index is 681. The molecule has 1 aromatic rings. The molecule has 1 aliphatic heterocycles. The molecule has 0 N–H and O–H groups in total. The minimum atomic E-state index is -0.671. The Morgan fingerprint density at radius 1 is 0.657 bits per heavy atom. The fourth-order valence-electron chi connectivity index (χ4n) is 3.17. The lowest BCUT2D eigenvalue weighted by molar-refractivity contribution is -0.0134. The van der Waals surface area contributed by atoms with Crippen LogP contribution in [0.3, 0.4) is 0 Å². The van der Waals surface area contributed by atoms with Crippen molar-refractivity contribution in [3.8, 4) is 5.75 Å². The first-order chi connectivity index (χ1) is 17.2. The van der Waals surface area contributed by atoms with Crippen LogP contribution >= 0.6 is 0 Å². The van der Waals surface area contributed by atoms with Crippen molar-refractivity contribution in [2.75, 3.05) is 72.7 Å². The smallest absolute Gasteiger partial charge is 0.357 e. The number of hydrogen-bond acceptors (Lipinski definition) is 10. The van der Waals surface area contributed by atoms with E-state index in [1.165, 1.54) is 31.4 Å². The van der Waals surface area contributed by atoms with E-state index in [-0.39, 0.29) is 37.8 Å². The van der Waals surface area contributed by atoms with Crippen molar-refractivity contribution in [2.24, 2.45) is 0 Å². The number of carbonyl (C=O) groups excluding carboxylic acids is 2. The van der Waals surface area contributed by atoms with Crippen LogP contribution in [0.15, 0.2) is 12.1 Å². The van der Waals surface area contributed by atoms with Crippen molar-refractivity contribution in [1.29, 1.82) is 0 Å². The van der Waals surface area contributed by atoms with Gasteiger partial charge in [0.25, 0.3) is 0 Å². The van der Waals surface area contributed by atoms with Gasteiger partial charge in [0, 0.05) is 12.1 Å². The van der Waals surface area contributed by atoms with Crippen LogP contribution in [0.2, 0.25) is 0 Å². The summed E-state index contributed by atoms with van der Waals surface area (Å²) in [4.78, 5) is 29.2. The average molecular weight is 498 g/mol. The highest BCUT2D eigenvalue weighted by Crippen LogP contribution is 2.17. The predicted molar refractivity (Wildman–Crippen MR) is 127 cm³/mol. The molecule has 0 saturated heterocycles. The maximum atomic E-state index is 12.5. The monoisotopic (exact) mass is 497 g/mol. The van der Waals surface area contributed by atoms with Crippen molar-refractivity contribution in [3.63, 3.8) is 0 Å². The predicted octanol–water partition coefficient (Wildman–Crippen LogP) is 3.21. The maximum absolute atomic E-state index is 12.5. The summed E-state index contributed by atoms with van der Waals surface area (Å²) in [5.74, 6) is -0.974. The van der Waals surface area contributed by atoms with Gasteiger partial charge in [-0.2, -0.15) is 0 Å². The van der Waals surface area contributed by atoms with Crippen LogP contribution in [0.4, 0.5) is 0 Å². The molecule has 2 bridgehead atoms. The van der Waals surface area contributed by atoms with Gasteiger partial charge < -0.3 is 33.2 Å². The van der Waals surface area contributed by atoms with Gasteiger partial charge in [-0.25, -0.2) is 14.6 Å². The molecule has 0 aliphatic carbocycles. The Morgan fingerprint density at radius 3 is 1.57 bits per heavy atom. The summed E-state index contributed by atoms with van der Waals surface area (Å²) in [5, 5.41) is 0. The van der Waals surface area contributed by atoms with E-state index >= 15 is 0 Å². The van der Waals surface area contributed by atoms with E-state index in [2.05, 4.69) is 11.9 Å². The number of esters is 2. The molecule has 198 valence electrons. The third-order valence-electron chi connectivity index (χ3n) is 5.02. The number of unbranched alkanes of at least 4 members (excludes halogenated alkanes) is 5. The lowest BCUT2D eigenvalue weighted by Gasteiger charge is -2.11. The fraction of sp³-hybridized carbons (Fsp3) is 0.720. The number of cyclic esters (lactones) is 2. The first-order valence-corrected chi connectivity index (χ1v) is 12.5. The van der Waals surface area contributed by atoms with Crippen LogP contribution < -0.4 is 4.74 Å². The highest BCUT2D eigenvalue weighted by atomic mass is 16.6. The summed E-state index contributed by atoms with van der Waals surface area (Å²) in [6.45, 7) is 5.64. The Kier molecular flexibility index (Phi) is 15.7. The molecule has 2 rings (SSSR count). The lowest BCUT2D eigenvalue weighted by Crippen LogP contribution is -2.17. The van der Waals surface area contributed by atoms with Gasteiger partial charge in [0.1, 0.15) is 19.0 Å². The summed E-state index contributed by atoms with van der Waals surface area (Å²) in [6, 6.07) is 2.95. The third-order valence-corrected chi connectivity index (χ3v) is 5.02. The Hall–Kier alpha value is -2.27. The number of fused-ring (bicyclic) bond motifs is 2. The number of carbonyl (C=O) groups is 2. The van der Waals surface area contributed by atoms with E-state index in [0.29, 0.717) is 52.0 Å². The van der Waals surface area contributed by atoms with E-state index < -0.39 is 11.9 Å². The maximum Gasteiger partial charge on any atom is 0.357 e. The topological polar surface area (TPSA) is 112 Å². The number of hydrogen-bond donors (Lipinski definition) is 0. The highest BCUT2D eigenvalue weighted by molar-refractivity contribution is 5.92. The second-order valence-corrected chi connectivity index (χ2v) is 7.91. The van der Waals surface area contributed by atoms with Gasteiger partial charge in [-0.3, -0.25) is 0 Å². The van der Waals surface area contributed by atoms with E-state index in [1.54, 1.807) is 0 Å².